The lowest BCUT2D eigenvalue weighted by atomic mass is 9.81. The summed E-state index contributed by atoms with van der Waals surface area (Å²) in [4.78, 5) is 66.0. The molecule has 14 atom stereocenters. The van der Waals surface area contributed by atoms with Crippen molar-refractivity contribution in [2.75, 3.05) is 27.9 Å². The number of aliphatic hydroxyl groups is 2. The Morgan fingerprint density at radius 1 is 0.958 bits per heavy atom. The number of cyclic esters (lactones) is 1. The van der Waals surface area contributed by atoms with Crippen LogP contribution in [0.25, 0.3) is 11.3 Å². The van der Waals surface area contributed by atoms with Gasteiger partial charge in [0, 0.05) is 63.8 Å². The van der Waals surface area contributed by atoms with Crippen molar-refractivity contribution in [2.45, 2.75) is 180 Å². The van der Waals surface area contributed by atoms with E-state index in [2.05, 4.69) is 9.97 Å². The number of aliphatic hydroxyl groups excluding tert-OH is 1. The number of piperidine rings is 1. The van der Waals surface area contributed by atoms with E-state index in [4.69, 9.17) is 28.4 Å². The summed E-state index contributed by atoms with van der Waals surface area (Å²) >= 11 is 0. The molecule has 2 saturated heterocycles. The molecule has 15 nitrogen and oxygen atoms in total. The van der Waals surface area contributed by atoms with Gasteiger partial charge in [0.15, 0.2) is 0 Å². The Morgan fingerprint density at radius 3 is 2.35 bits per heavy atom. The van der Waals surface area contributed by atoms with E-state index in [1.807, 2.05) is 32.9 Å². The number of nitrogens with one attached hydrogen (secondary N) is 1. The van der Waals surface area contributed by atoms with E-state index in [1.54, 1.807) is 33.9 Å². The molecular formula is C54H76F3N3O12. The summed E-state index contributed by atoms with van der Waals surface area (Å²) in [5.41, 5.74) is 1.47. The number of hydrogen-bond donors (Lipinski definition) is 3. The Morgan fingerprint density at radius 2 is 1.67 bits per heavy atom. The topological polar surface area (TPSA) is 196 Å². The number of imidazole rings is 1. The summed E-state index contributed by atoms with van der Waals surface area (Å²) in [5, 5.41) is 24.0. The molecule has 400 valence electrons. The van der Waals surface area contributed by atoms with E-state index >= 15 is 0 Å². The van der Waals surface area contributed by atoms with Crippen LogP contribution in [-0.4, -0.2) is 131 Å². The van der Waals surface area contributed by atoms with Crippen LogP contribution in [0.2, 0.25) is 0 Å². The van der Waals surface area contributed by atoms with E-state index < -0.39 is 89.5 Å². The van der Waals surface area contributed by atoms with Gasteiger partial charge in [-0.1, -0.05) is 57.6 Å². The second-order valence-corrected chi connectivity index (χ2v) is 20.7. The van der Waals surface area contributed by atoms with Crippen LogP contribution in [0.3, 0.4) is 0 Å². The van der Waals surface area contributed by atoms with Gasteiger partial charge in [0.05, 0.1) is 41.8 Å². The minimum absolute atomic E-state index is 0.00168. The number of ketones is 2. The van der Waals surface area contributed by atoms with Crippen molar-refractivity contribution in [3.63, 3.8) is 0 Å². The fourth-order valence-electron chi connectivity index (χ4n) is 11.2. The van der Waals surface area contributed by atoms with Crippen LogP contribution >= 0.6 is 0 Å². The van der Waals surface area contributed by atoms with Gasteiger partial charge in [0.25, 0.3) is 11.7 Å². The fraction of sp³-hybridized carbons (Fsp3) is 0.685. The molecule has 14 unspecified atom stereocenters. The first-order valence-electron chi connectivity index (χ1n) is 25.6. The number of halogens is 3. The first-order chi connectivity index (χ1) is 34.1. The molecule has 1 aliphatic carbocycles. The summed E-state index contributed by atoms with van der Waals surface area (Å²) in [6.07, 6.45) is 0.322. The largest absolute Gasteiger partial charge is 0.456 e. The quantitative estimate of drug-likeness (QED) is 0.117. The molecule has 3 N–H and O–H groups in total. The molecule has 2 aromatic rings. The number of benzene rings is 1. The van der Waals surface area contributed by atoms with Crippen LogP contribution in [0.5, 0.6) is 0 Å². The molecule has 4 heterocycles. The van der Waals surface area contributed by atoms with Crippen molar-refractivity contribution < 1.29 is 71.0 Å². The van der Waals surface area contributed by atoms with Crippen molar-refractivity contribution in [1.82, 2.24) is 14.9 Å². The van der Waals surface area contributed by atoms with Crippen LogP contribution < -0.4 is 0 Å². The van der Waals surface area contributed by atoms with Gasteiger partial charge in [-0.3, -0.25) is 14.4 Å². The van der Waals surface area contributed by atoms with Crippen molar-refractivity contribution in [3.05, 3.63) is 65.1 Å². The molecule has 1 amide bonds. The average Bonchev–Trinajstić information content (AvgIpc) is 3.84. The van der Waals surface area contributed by atoms with E-state index in [0.29, 0.717) is 74.0 Å². The Bertz CT molecular complexity index is 2250. The van der Waals surface area contributed by atoms with Crippen LogP contribution in [0.15, 0.2) is 53.8 Å². The predicted octanol–water partition coefficient (Wildman–Crippen LogP) is 8.11. The molecular weight excluding hydrogens is 940 g/mol. The molecule has 1 aromatic heterocycles. The zero-order valence-electron chi connectivity index (χ0n) is 43.2. The zero-order valence-corrected chi connectivity index (χ0v) is 43.2. The Kier molecular flexibility index (Phi) is 19.6. The number of aromatic amines is 1. The number of carbonyl (C=O) groups is 4. The number of alkyl halides is 3. The molecule has 6 rings (SSSR count). The number of hydrogen-bond acceptors (Lipinski definition) is 13. The molecule has 1 aromatic carbocycles. The summed E-state index contributed by atoms with van der Waals surface area (Å²) in [7, 11) is 4.62. The number of ether oxygens (including phenoxy) is 6. The lowest BCUT2D eigenvalue weighted by molar-refractivity contribution is -0.302. The SMILES string of the molecule is CCC1/C=C(\C)CC(C)CC(OC)C2OC(O)(C(=O)C(=O)N3CCCCC3C(=O)OC(C(C)=CC3CCC(OCc4nc(-c5cccc(C(F)(F)F)c5)c[nH]4)C(OC)C3)C(C)C(O)CC1=O)C(C)CC2OC. The highest BCUT2D eigenvalue weighted by Gasteiger charge is 2.56. The molecule has 72 heavy (non-hydrogen) atoms. The maximum Gasteiger partial charge on any atom is 0.416 e. The fourth-order valence-corrected chi connectivity index (χ4v) is 11.2. The second-order valence-electron chi connectivity index (χ2n) is 20.7. The number of nitrogens with zero attached hydrogens (tertiary/aromatic N) is 2. The number of fused-ring (bicyclic) bond motifs is 3. The second kappa shape index (κ2) is 24.8. The third kappa shape index (κ3) is 13.5. The number of aromatic nitrogens is 2. The number of H-pyrrole nitrogens is 1. The van der Waals surface area contributed by atoms with Gasteiger partial charge < -0.3 is 48.5 Å². The number of carbonyl (C=O) groups excluding carboxylic acids is 4. The zero-order chi connectivity index (χ0) is 52.7. The van der Waals surface area contributed by atoms with Gasteiger partial charge >= 0.3 is 12.1 Å². The smallest absolute Gasteiger partial charge is 0.416 e. The maximum absolute atomic E-state index is 14.6. The van der Waals surface area contributed by atoms with E-state index in [0.717, 1.165) is 17.7 Å². The highest BCUT2D eigenvalue weighted by molar-refractivity contribution is 6.39. The highest BCUT2D eigenvalue weighted by atomic mass is 19.4. The number of rotatable bonds is 10. The van der Waals surface area contributed by atoms with Gasteiger partial charge in [0.1, 0.15) is 36.5 Å². The van der Waals surface area contributed by atoms with E-state index in [9.17, 15) is 42.6 Å². The molecule has 1 saturated carbocycles. The maximum atomic E-state index is 14.6. The monoisotopic (exact) mass is 1020 g/mol. The summed E-state index contributed by atoms with van der Waals surface area (Å²) in [5.74, 6) is -7.56. The van der Waals surface area contributed by atoms with Crippen LogP contribution in [-0.2, 0) is 60.4 Å². The number of amides is 1. The van der Waals surface area contributed by atoms with Crippen LogP contribution in [0.1, 0.15) is 124 Å². The Labute approximate surface area is 421 Å². The summed E-state index contributed by atoms with van der Waals surface area (Å²) in [6.45, 7) is 11.2. The minimum atomic E-state index is -4.49. The lowest BCUT2D eigenvalue weighted by Gasteiger charge is -2.47. The summed E-state index contributed by atoms with van der Waals surface area (Å²) < 4.78 is 76.7. The molecule has 0 radical (unpaired) electrons. The summed E-state index contributed by atoms with van der Waals surface area (Å²) in [6, 6.07) is 3.76. The Hall–Kier alpha value is -4.30. The molecule has 2 bridgehead atoms. The van der Waals surface area contributed by atoms with Gasteiger partial charge in [-0.2, -0.15) is 13.2 Å². The molecule has 3 aliphatic heterocycles. The number of esters is 1. The molecule has 18 heteroatoms. The van der Waals surface area contributed by atoms with Crippen molar-refractivity contribution in [2.24, 2.45) is 29.6 Å². The number of allylic oxidation sites excluding steroid dienone is 3. The highest BCUT2D eigenvalue weighted by Crippen LogP contribution is 2.40. The first kappa shape index (κ1) is 57.0. The molecule has 4 aliphatic rings. The lowest BCUT2D eigenvalue weighted by Crippen LogP contribution is -2.64. The van der Waals surface area contributed by atoms with Crippen molar-refractivity contribution in [1.29, 1.82) is 0 Å². The van der Waals surface area contributed by atoms with Crippen molar-refractivity contribution >= 4 is 23.4 Å². The van der Waals surface area contributed by atoms with Gasteiger partial charge in [-0.05, 0) is 108 Å². The van der Waals surface area contributed by atoms with Crippen molar-refractivity contribution in [3.8, 4) is 11.3 Å². The standard InChI is InChI=1S/C54H76F3N3O12/c1-10-36-21-30(2)20-31(3)22-45(68-8)49-46(69-9)24-33(5)53(66,72-49)50(63)51(64)60-19-12-11-16-40(60)52(65)71-48(34(6)41(61)27-42(36)62)32(4)23-35-17-18-43(44(25-35)67-7)70-29-47-58-28-39(59-47)37-14-13-15-38(26-37)54(55,56)57/h13-15,21,23,26,28,31,33-36,40-41,43-46,48-49,61,66H,10-12,16-20,22,24-25,27,29H2,1-9H3,(H,58,59)/b30-21+,32-23?. The first-order valence-corrected chi connectivity index (χ1v) is 25.6. The van der Waals surface area contributed by atoms with Gasteiger partial charge in [-0.15, -0.1) is 0 Å². The number of methoxy groups -OCH3 is 3. The van der Waals surface area contributed by atoms with Gasteiger partial charge in [0.2, 0.25) is 5.79 Å². The molecule has 0 spiro atoms. The molecule has 3 fully saturated rings. The van der Waals surface area contributed by atoms with Crippen LogP contribution in [0, 0.1) is 29.6 Å². The minimum Gasteiger partial charge on any atom is -0.456 e. The predicted molar refractivity (Wildman–Crippen MR) is 260 cm³/mol. The third-order valence-corrected chi connectivity index (χ3v) is 15.4. The normalized spacial score (nSPS) is 35.2. The third-order valence-electron chi connectivity index (χ3n) is 15.4. The van der Waals surface area contributed by atoms with Crippen LogP contribution in [0.4, 0.5) is 13.2 Å². The number of Topliss-reactive ketones (excluding diaryl/α,β-unsaturated/α-hetero) is 2. The average molecular weight is 1020 g/mol. The van der Waals surface area contributed by atoms with E-state index in [-0.39, 0.29) is 62.2 Å². The van der Waals surface area contributed by atoms with E-state index in [1.165, 1.54) is 31.4 Å². The van der Waals surface area contributed by atoms with Gasteiger partial charge in [-0.25, -0.2) is 9.78 Å². The Balaban J connectivity index is 1.25.